The lowest BCUT2D eigenvalue weighted by Crippen LogP contribution is -2.15. The third-order valence-electron chi connectivity index (χ3n) is 1.30. The van der Waals surface area contributed by atoms with Crippen LogP contribution < -0.4 is 5.73 Å². The molecule has 2 nitrogen and oxygen atoms in total. The molecule has 0 saturated heterocycles. The van der Waals surface area contributed by atoms with Gasteiger partial charge in [0.05, 0.1) is 0 Å². The summed E-state index contributed by atoms with van der Waals surface area (Å²) in [6, 6.07) is 5.13. The fraction of sp³-hybridized carbons (Fsp3) is 0.750. The van der Waals surface area contributed by atoms with Gasteiger partial charge in [-0.05, 0) is 12.3 Å². The van der Waals surface area contributed by atoms with E-state index in [1.54, 1.807) is 0 Å². The molecule has 2 heteroatoms. The van der Waals surface area contributed by atoms with Gasteiger partial charge in [-0.3, -0.25) is 0 Å². The topological polar surface area (TPSA) is 29.3 Å². The zero-order chi connectivity index (χ0) is 7.98. The molecular formula is C8H16N2. The van der Waals surface area contributed by atoms with Crippen molar-refractivity contribution >= 4 is 0 Å². The molecule has 0 bridgehead atoms. The van der Waals surface area contributed by atoms with E-state index in [0.29, 0.717) is 0 Å². The normalized spacial score (nSPS) is 8.80. The maximum absolute atomic E-state index is 5.03. The van der Waals surface area contributed by atoms with E-state index in [9.17, 15) is 0 Å². The van der Waals surface area contributed by atoms with E-state index in [1.807, 2.05) is 11.9 Å². The molecule has 0 aliphatic heterocycles. The summed E-state index contributed by atoms with van der Waals surface area (Å²) >= 11 is 0. The smallest absolute Gasteiger partial charge is 0.0300 e. The van der Waals surface area contributed by atoms with E-state index in [1.165, 1.54) is 6.42 Å². The summed E-state index contributed by atoms with van der Waals surface area (Å²) < 4.78 is 0. The lowest BCUT2D eigenvalue weighted by atomic mass is 10.1. The van der Waals surface area contributed by atoms with Gasteiger partial charge in [-0.2, -0.15) is 0 Å². The summed E-state index contributed by atoms with van der Waals surface area (Å²) in [5.74, 6) is 0.738. The molecule has 2 N–H and O–H groups in total. The Labute approximate surface area is 63.4 Å². The number of rotatable bonds is 3. The van der Waals surface area contributed by atoms with Gasteiger partial charge in [0.1, 0.15) is 0 Å². The van der Waals surface area contributed by atoms with Crippen LogP contribution in [0.15, 0.2) is 0 Å². The zero-order valence-corrected chi connectivity index (χ0v) is 7.02. The van der Waals surface area contributed by atoms with Crippen LogP contribution in [0.5, 0.6) is 0 Å². The van der Waals surface area contributed by atoms with Gasteiger partial charge >= 0.3 is 0 Å². The third-order valence-corrected chi connectivity index (χ3v) is 1.30. The Morgan fingerprint density at radius 1 is 1.50 bits per heavy atom. The minimum absolute atomic E-state index is 0.738. The molecule has 0 aromatic carbocycles. The van der Waals surface area contributed by atoms with Crippen molar-refractivity contribution in [1.29, 1.82) is 0 Å². The molecule has 0 aromatic rings. The molecular weight excluding hydrogens is 124 g/mol. The van der Waals surface area contributed by atoms with Gasteiger partial charge in [0.2, 0.25) is 0 Å². The summed E-state index contributed by atoms with van der Waals surface area (Å²) in [6.07, 6.45) is 1.17. The summed E-state index contributed by atoms with van der Waals surface area (Å²) in [5.41, 5.74) is 5.03. The zero-order valence-electron chi connectivity index (χ0n) is 7.02. The lowest BCUT2D eigenvalue weighted by molar-refractivity contribution is 0.422. The van der Waals surface area contributed by atoms with E-state index in [4.69, 9.17) is 5.73 Å². The van der Waals surface area contributed by atoms with Crippen LogP contribution >= 0.6 is 0 Å². The average molecular weight is 140 g/mol. The molecule has 0 spiro atoms. The van der Waals surface area contributed by atoms with Crippen molar-refractivity contribution in [3.63, 3.8) is 0 Å². The van der Waals surface area contributed by atoms with Gasteiger partial charge < -0.3 is 10.6 Å². The van der Waals surface area contributed by atoms with Gasteiger partial charge in [0.15, 0.2) is 0 Å². The Morgan fingerprint density at radius 3 is 2.50 bits per heavy atom. The van der Waals surface area contributed by atoms with Gasteiger partial charge in [-0.15, -0.1) is 0 Å². The molecule has 58 valence electrons. The Balaban J connectivity index is 3.36. The summed E-state index contributed by atoms with van der Waals surface area (Å²) in [6.45, 7) is 5.40. The fourth-order valence-corrected chi connectivity index (χ4v) is 0.618. The van der Waals surface area contributed by atoms with Gasteiger partial charge in [-0.25, -0.2) is 0 Å². The van der Waals surface area contributed by atoms with E-state index in [-0.39, 0.29) is 0 Å². The van der Waals surface area contributed by atoms with E-state index in [2.05, 4.69) is 25.9 Å². The van der Waals surface area contributed by atoms with Gasteiger partial charge in [-0.1, -0.05) is 13.8 Å². The number of nitrogens with two attached hydrogens (primary N) is 1. The van der Waals surface area contributed by atoms with Crippen LogP contribution in [0.1, 0.15) is 20.3 Å². The first-order chi connectivity index (χ1) is 4.66. The van der Waals surface area contributed by atoms with Crippen molar-refractivity contribution in [2.45, 2.75) is 20.3 Å². The predicted molar refractivity (Wildman–Crippen MR) is 44.0 cm³/mol. The Kier molecular flexibility index (Phi) is 4.57. The number of nitrogens with zero attached hydrogens (tertiary/aromatic N) is 1. The highest BCUT2D eigenvalue weighted by molar-refractivity contribution is 4.91. The molecule has 0 aromatic heterocycles. The maximum Gasteiger partial charge on any atom is 0.0300 e. The lowest BCUT2D eigenvalue weighted by Gasteiger charge is -2.11. The number of hydrogen-bond donors (Lipinski definition) is 1. The van der Waals surface area contributed by atoms with Crippen molar-refractivity contribution in [2.24, 2.45) is 11.7 Å². The molecule has 0 radical (unpaired) electrons. The predicted octanol–water partition coefficient (Wildman–Crippen LogP) is 0.841. The van der Waals surface area contributed by atoms with Crippen molar-refractivity contribution in [2.75, 3.05) is 13.6 Å². The molecule has 0 fully saturated rings. The quantitative estimate of drug-likeness (QED) is 0.465. The highest BCUT2D eigenvalue weighted by Crippen LogP contribution is 1.98. The van der Waals surface area contributed by atoms with E-state index < -0.39 is 0 Å². The molecule has 0 unspecified atom stereocenters. The minimum Gasteiger partial charge on any atom is -0.358 e. The SMILES string of the molecule is CC(C)CCN(C)C#CN. The highest BCUT2D eigenvalue weighted by Gasteiger charge is 1.94. The molecule has 0 aliphatic carbocycles. The molecule has 0 aliphatic rings. The molecule has 0 heterocycles. The summed E-state index contributed by atoms with van der Waals surface area (Å²) in [4.78, 5) is 1.92. The van der Waals surface area contributed by atoms with E-state index >= 15 is 0 Å². The first kappa shape index (κ1) is 9.16. The Bertz CT molecular complexity index is 130. The van der Waals surface area contributed by atoms with Crippen LogP contribution in [0.4, 0.5) is 0 Å². The molecule has 0 rings (SSSR count). The van der Waals surface area contributed by atoms with Crippen molar-refractivity contribution in [1.82, 2.24) is 4.90 Å². The minimum atomic E-state index is 0.738. The molecule has 0 amide bonds. The van der Waals surface area contributed by atoms with Crippen molar-refractivity contribution in [3.05, 3.63) is 0 Å². The van der Waals surface area contributed by atoms with Crippen LogP contribution in [0.2, 0.25) is 0 Å². The highest BCUT2D eigenvalue weighted by atomic mass is 15.1. The molecule has 0 atom stereocenters. The second kappa shape index (κ2) is 4.99. The molecule has 0 saturated carbocycles. The fourth-order valence-electron chi connectivity index (χ4n) is 0.618. The Hall–Kier alpha value is -0.840. The van der Waals surface area contributed by atoms with Crippen molar-refractivity contribution < 1.29 is 0 Å². The van der Waals surface area contributed by atoms with Crippen LogP contribution in [0.3, 0.4) is 0 Å². The molecule has 10 heavy (non-hydrogen) atoms. The second-order valence-electron chi connectivity index (χ2n) is 2.86. The summed E-state index contributed by atoms with van der Waals surface area (Å²) in [5, 5.41) is 0. The first-order valence-electron chi connectivity index (χ1n) is 3.59. The standard InChI is InChI=1S/C8H16N2/c1-8(2)4-6-10(3)7-5-9/h8H,4,6,9H2,1-3H3. The van der Waals surface area contributed by atoms with Gasteiger partial charge in [0, 0.05) is 25.7 Å². The average Bonchev–Trinajstić information content (AvgIpc) is 1.85. The number of hydrogen-bond acceptors (Lipinski definition) is 2. The first-order valence-corrected chi connectivity index (χ1v) is 3.59. The monoisotopic (exact) mass is 140 g/mol. The third kappa shape index (κ3) is 5.30. The largest absolute Gasteiger partial charge is 0.358 e. The maximum atomic E-state index is 5.03. The van der Waals surface area contributed by atoms with Crippen LogP contribution in [-0.4, -0.2) is 18.5 Å². The van der Waals surface area contributed by atoms with Crippen LogP contribution in [0, 0.1) is 18.0 Å². The van der Waals surface area contributed by atoms with E-state index in [0.717, 1.165) is 12.5 Å². The van der Waals surface area contributed by atoms with Crippen LogP contribution in [0.25, 0.3) is 0 Å². The van der Waals surface area contributed by atoms with Crippen molar-refractivity contribution in [3.8, 4) is 12.1 Å². The second-order valence-corrected chi connectivity index (χ2v) is 2.86. The van der Waals surface area contributed by atoms with Gasteiger partial charge in [0.25, 0.3) is 0 Å². The Morgan fingerprint density at radius 2 is 2.10 bits per heavy atom. The van der Waals surface area contributed by atoms with Crippen LogP contribution in [-0.2, 0) is 0 Å². The summed E-state index contributed by atoms with van der Waals surface area (Å²) in [7, 11) is 1.95.